The molecule has 0 aliphatic carbocycles. The Morgan fingerprint density at radius 2 is 1.95 bits per heavy atom. The zero-order chi connectivity index (χ0) is 14.7. The van der Waals surface area contributed by atoms with Crippen molar-refractivity contribution in [1.29, 1.82) is 0 Å². The number of rotatable bonds is 3. The molecule has 1 atom stereocenters. The Balaban J connectivity index is 2.18. The summed E-state index contributed by atoms with van der Waals surface area (Å²) in [5, 5.41) is 13.4. The molecule has 1 heterocycles. The molecule has 2 N–H and O–H groups in total. The Hall–Kier alpha value is -1.62. The van der Waals surface area contributed by atoms with Crippen LogP contribution in [0.5, 0.6) is 0 Å². The van der Waals surface area contributed by atoms with E-state index in [0.29, 0.717) is 21.3 Å². The second-order valence-electron chi connectivity index (χ2n) is 4.29. The molecule has 0 radical (unpaired) electrons. The maximum absolute atomic E-state index is 12.0. The fraction of sp³-hybridized carbons (Fsp3) is 0.143. The minimum absolute atomic E-state index is 0.335. The third-order valence-electron chi connectivity index (χ3n) is 2.75. The average molecular weight is 311 g/mol. The number of anilines is 1. The fourth-order valence-electron chi connectivity index (χ4n) is 1.68. The number of pyridine rings is 1. The van der Waals surface area contributed by atoms with E-state index in [-0.39, 0.29) is 0 Å². The van der Waals surface area contributed by atoms with Crippen molar-refractivity contribution >= 4 is 34.8 Å². The molecule has 0 bridgehead atoms. The van der Waals surface area contributed by atoms with Gasteiger partial charge in [-0.1, -0.05) is 23.2 Å². The minimum atomic E-state index is -1.36. The number of aliphatic hydroxyl groups excluding tert-OH is 1. The third-order valence-corrected chi connectivity index (χ3v) is 3.18. The lowest BCUT2D eigenvalue weighted by atomic mass is 10.1. The molecular weight excluding hydrogens is 299 g/mol. The van der Waals surface area contributed by atoms with Crippen LogP contribution in [0, 0.1) is 6.92 Å². The van der Waals surface area contributed by atoms with Gasteiger partial charge in [0.1, 0.15) is 0 Å². The van der Waals surface area contributed by atoms with Gasteiger partial charge in [-0.25, -0.2) is 0 Å². The van der Waals surface area contributed by atoms with Crippen molar-refractivity contribution in [3.63, 3.8) is 0 Å². The van der Waals surface area contributed by atoms with Crippen molar-refractivity contribution in [3.05, 3.63) is 57.8 Å². The summed E-state index contributed by atoms with van der Waals surface area (Å²) in [4.78, 5) is 15.9. The van der Waals surface area contributed by atoms with Crippen molar-refractivity contribution in [2.24, 2.45) is 0 Å². The van der Waals surface area contributed by atoms with Gasteiger partial charge in [-0.05, 0) is 42.3 Å². The molecule has 1 amide bonds. The highest BCUT2D eigenvalue weighted by molar-refractivity contribution is 6.34. The number of aryl methyl sites for hydroxylation is 1. The summed E-state index contributed by atoms with van der Waals surface area (Å²) in [6.07, 6.45) is 1.79. The first-order chi connectivity index (χ1) is 9.47. The Bertz CT molecular complexity index is 627. The SMILES string of the molecule is Cc1ccncc1NC(=O)C(O)c1cc(Cl)cc(Cl)c1. The van der Waals surface area contributed by atoms with E-state index in [9.17, 15) is 9.90 Å². The number of aromatic nitrogens is 1. The minimum Gasteiger partial charge on any atom is -0.378 e. The van der Waals surface area contributed by atoms with Crippen LogP contribution in [0.1, 0.15) is 17.2 Å². The Morgan fingerprint density at radius 1 is 1.30 bits per heavy atom. The normalized spacial score (nSPS) is 12.0. The lowest BCUT2D eigenvalue weighted by Crippen LogP contribution is -2.21. The number of hydrogen-bond acceptors (Lipinski definition) is 3. The lowest BCUT2D eigenvalue weighted by molar-refractivity contribution is -0.124. The Labute approximate surface area is 126 Å². The molecule has 1 aromatic carbocycles. The maximum atomic E-state index is 12.0. The lowest BCUT2D eigenvalue weighted by Gasteiger charge is -2.13. The van der Waals surface area contributed by atoms with Crippen molar-refractivity contribution in [2.45, 2.75) is 13.0 Å². The van der Waals surface area contributed by atoms with Crippen LogP contribution in [0.3, 0.4) is 0 Å². The number of aliphatic hydroxyl groups is 1. The Kier molecular flexibility index (Phi) is 4.60. The predicted molar refractivity (Wildman–Crippen MR) is 79.0 cm³/mol. The van der Waals surface area contributed by atoms with Crippen LogP contribution >= 0.6 is 23.2 Å². The third kappa shape index (κ3) is 3.48. The van der Waals surface area contributed by atoms with Crippen molar-refractivity contribution in [2.75, 3.05) is 5.32 Å². The van der Waals surface area contributed by atoms with E-state index in [1.165, 1.54) is 24.4 Å². The van der Waals surface area contributed by atoms with Crippen LogP contribution in [0.4, 0.5) is 5.69 Å². The summed E-state index contributed by atoms with van der Waals surface area (Å²) < 4.78 is 0. The zero-order valence-corrected chi connectivity index (χ0v) is 12.1. The predicted octanol–water partition coefficient (Wildman–Crippen LogP) is 3.37. The van der Waals surface area contributed by atoms with Crippen LogP contribution in [-0.2, 0) is 4.79 Å². The summed E-state index contributed by atoms with van der Waals surface area (Å²) in [5.41, 5.74) is 1.73. The highest BCUT2D eigenvalue weighted by Crippen LogP contribution is 2.24. The van der Waals surface area contributed by atoms with Gasteiger partial charge in [0.05, 0.1) is 11.9 Å². The van der Waals surface area contributed by atoms with E-state index in [0.717, 1.165) is 5.56 Å². The first kappa shape index (κ1) is 14.8. The molecule has 1 unspecified atom stereocenters. The molecule has 2 rings (SSSR count). The zero-order valence-electron chi connectivity index (χ0n) is 10.6. The van der Waals surface area contributed by atoms with Gasteiger partial charge < -0.3 is 10.4 Å². The largest absolute Gasteiger partial charge is 0.378 e. The second kappa shape index (κ2) is 6.22. The van der Waals surface area contributed by atoms with Gasteiger partial charge in [0.25, 0.3) is 5.91 Å². The van der Waals surface area contributed by atoms with Gasteiger partial charge in [0, 0.05) is 16.2 Å². The number of carbonyl (C=O) groups is 1. The van der Waals surface area contributed by atoms with E-state index in [2.05, 4.69) is 10.3 Å². The van der Waals surface area contributed by atoms with Crippen LogP contribution in [-0.4, -0.2) is 16.0 Å². The molecule has 0 saturated carbocycles. The van der Waals surface area contributed by atoms with Gasteiger partial charge in [-0.3, -0.25) is 9.78 Å². The number of nitrogens with one attached hydrogen (secondary N) is 1. The van der Waals surface area contributed by atoms with E-state index in [4.69, 9.17) is 23.2 Å². The van der Waals surface area contributed by atoms with Crippen molar-refractivity contribution in [3.8, 4) is 0 Å². The maximum Gasteiger partial charge on any atom is 0.257 e. The topological polar surface area (TPSA) is 62.2 Å². The van der Waals surface area contributed by atoms with Gasteiger partial charge >= 0.3 is 0 Å². The molecule has 2 aromatic rings. The molecule has 4 nitrogen and oxygen atoms in total. The molecule has 0 fully saturated rings. The number of benzene rings is 1. The van der Waals surface area contributed by atoms with Gasteiger partial charge in [0.2, 0.25) is 0 Å². The summed E-state index contributed by atoms with van der Waals surface area (Å²) in [7, 11) is 0. The number of hydrogen-bond donors (Lipinski definition) is 2. The Morgan fingerprint density at radius 3 is 2.55 bits per heavy atom. The molecule has 0 saturated heterocycles. The summed E-state index contributed by atoms with van der Waals surface area (Å²) in [6.45, 7) is 1.83. The number of amides is 1. The van der Waals surface area contributed by atoms with Crippen LogP contribution < -0.4 is 5.32 Å². The first-order valence-electron chi connectivity index (χ1n) is 5.83. The first-order valence-corrected chi connectivity index (χ1v) is 6.58. The highest BCUT2D eigenvalue weighted by Gasteiger charge is 2.19. The average Bonchev–Trinajstić information content (AvgIpc) is 2.39. The fourth-order valence-corrected chi connectivity index (χ4v) is 2.22. The van der Waals surface area contributed by atoms with E-state index < -0.39 is 12.0 Å². The molecule has 104 valence electrons. The molecule has 6 heteroatoms. The quantitative estimate of drug-likeness (QED) is 0.913. The van der Waals surface area contributed by atoms with E-state index in [1.807, 2.05) is 6.92 Å². The summed E-state index contributed by atoms with van der Waals surface area (Å²) >= 11 is 11.7. The van der Waals surface area contributed by atoms with Gasteiger partial charge in [-0.15, -0.1) is 0 Å². The van der Waals surface area contributed by atoms with E-state index in [1.54, 1.807) is 12.3 Å². The molecule has 0 aliphatic rings. The number of carbonyl (C=O) groups excluding carboxylic acids is 1. The standard InChI is InChI=1S/C14H12Cl2N2O2/c1-8-2-3-17-7-12(8)18-14(20)13(19)9-4-10(15)6-11(16)5-9/h2-7,13,19H,1H3,(H,18,20). The van der Waals surface area contributed by atoms with E-state index >= 15 is 0 Å². The van der Waals surface area contributed by atoms with Crippen LogP contribution in [0.25, 0.3) is 0 Å². The van der Waals surface area contributed by atoms with Crippen LogP contribution in [0.2, 0.25) is 10.0 Å². The molecular formula is C14H12Cl2N2O2. The summed E-state index contributed by atoms with van der Waals surface area (Å²) in [6, 6.07) is 6.28. The van der Waals surface area contributed by atoms with Crippen molar-refractivity contribution in [1.82, 2.24) is 4.98 Å². The molecule has 0 spiro atoms. The van der Waals surface area contributed by atoms with Crippen LogP contribution in [0.15, 0.2) is 36.7 Å². The monoisotopic (exact) mass is 310 g/mol. The summed E-state index contributed by atoms with van der Waals surface area (Å²) in [5.74, 6) is -0.570. The smallest absolute Gasteiger partial charge is 0.257 e. The molecule has 20 heavy (non-hydrogen) atoms. The number of halogens is 2. The van der Waals surface area contributed by atoms with Crippen molar-refractivity contribution < 1.29 is 9.90 Å². The second-order valence-corrected chi connectivity index (χ2v) is 5.16. The van der Waals surface area contributed by atoms with Gasteiger partial charge in [0.15, 0.2) is 6.10 Å². The molecule has 0 aliphatic heterocycles. The molecule has 1 aromatic heterocycles. The highest BCUT2D eigenvalue weighted by atomic mass is 35.5. The van der Waals surface area contributed by atoms with Gasteiger partial charge in [-0.2, -0.15) is 0 Å². The number of nitrogens with zero attached hydrogens (tertiary/aromatic N) is 1.